The van der Waals surface area contributed by atoms with Gasteiger partial charge in [-0.15, -0.1) is 0 Å². The SMILES string of the molecule is O=C(Cc1cccc2c1C(=O)NC2=O)OCc1ccc(I)cc1I. The fraction of sp³-hybridized carbons (Fsp3) is 0.118. The normalized spacial score (nSPS) is 12.8. The van der Waals surface area contributed by atoms with Crippen molar-refractivity contribution in [1.29, 1.82) is 0 Å². The number of carbonyl (C=O) groups excluding carboxylic acids is 3. The minimum absolute atomic E-state index is 0.0508. The molecular formula is C17H11I2NO4. The third-order valence-electron chi connectivity index (χ3n) is 3.59. The van der Waals surface area contributed by atoms with Gasteiger partial charge < -0.3 is 4.74 Å². The molecule has 1 aliphatic heterocycles. The van der Waals surface area contributed by atoms with Crippen LogP contribution in [0, 0.1) is 7.14 Å². The van der Waals surface area contributed by atoms with Gasteiger partial charge in [0.05, 0.1) is 17.5 Å². The molecule has 0 radical (unpaired) electrons. The summed E-state index contributed by atoms with van der Waals surface area (Å²) in [4.78, 5) is 35.6. The Labute approximate surface area is 165 Å². The molecule has 1 N–H and O–H groups in total. The van der Waals surface area contributed by atoms with E-state index >= 15 is 0 Å². The molecule has 2 aromatic rings. The second kappa shape index (κ2) is 7.18. The third kappa shape index (κ3) is 3.61. The van der Waals surface area contributed by atoms with Crippen LogP contribution in [0.4, 0.5) is 0 Å². The number of rotatable bonds is 4. The number of carbonyl (C=O) groups is 3. The molecule has 2 amide bonds. The highest BCUT2D eigenvalue weighted by Crippen LogP contribution is 2.21. The summed E-state index contributed by atoms with van der Waals surface area (Å²) in [5.41, 5.74) is 1.99. The maximum Gasteiger partial charge on any atom is 0.310 e. The van der Waals surface area contributed by atoms with Gasteiger partial charge in [-0.3, -0.25) is 19.7 Å². The summed E-state index contributed by atoms with van der Waals surface area (Å²) >= 11 is 4.42. The molecule has 0 aliphatic carbocycles. The van der Waals surface area contributed by atoms with Crippen LogP contribution in [0.5, 0.6) is 0 Å². The van der Waals surface area contributed by atoms with Crippen molar-refractivity contribution in [1.82, 2.24) is 5.32 Å². The number of hydrogen-bond donors (Lipinski definition) is 1. The van der Waals surface area contributed by atoms with Crippen molar-refractivity contribution in [2.24, 2.45) is 0 Å². The topological polar surface area (TPSA) is 72.5 Å². The van der Waals surface area contributed by atoms with Crippen LogP contribution in [0.15, 0.2) is 36.4 Å². The van der Waals surface area contributed by atoms with Crippen LogP contribution in [0.1, 0.15) is 31.8 Å². The van der Waals surface area contributed by atoms with Gasteiger partial charge in [-0.2, -0.15) is 0 Å². The summed E-state index contributed by atoms with van der Waals surface area (Å²) in [5.74, 6) is -1.34. The first-order valence-electron chi connectivity index (χ1n) is 7.03. The van der Waals surface area contributed by atoms with E-state index in [1.165, 1.54) is 0 Å². The molecule has 24 heavy (non-hydrogen) atoms. The van der Waals surface area contributed by atoms with Crippen molar-refractivity contribution in [3.05, 3.63) is 65.8 Å². The van der Waals surface area contributed by atoms with E-state index in [2.05, 4.69) is 50.5 Å². The summed E-state index contributed by atoms with van der Waals surface area (Å²) in [6, 6.07) is 10.8. The van der Waals surface area contributed by atoms with Crippen molar-refractivity contribution in [2.75, 3.05) is 0 Å². The zero-order valence-corrected chi connectivity index (χ0v) is 16.6. The fourth-order valence-electron chi connectivity index (χ4n) is 2.44. The van der Waals surface area contributed by atoms with Gasteiger partial charge in [0, 0.05) is 12.7 Å². The average molecular weight is 547 g/mol. The molecule has 0 bridgehead atoms. The lowest BCUT2D eigenvalue weighted by molar-refractivity contribution is -0.144. The number of amides is 2. The maximum atomic E-state index is 12.1. The number of ether oxygens (including phenoxy) is 1. The number of esters is 1. The quantitative estimate of drug-likeness (QED) is 0.363. The highest BCUT2D eigenvalue weighted by atomic mass is 127. The monoisotopic (exact) mass is 547 g/mol. The van der Waals surface area contributed by atoms with Gasteiger partial charge in [0.25, 0.3) is 11.8 Å². The molecule has 0 unspecified atom stereocenters. The van der Waals surface area contributed by atoms with E-state index in [-0.39, 0.29) is 18.6 Å². The first kappa shape index (κ1) is 17.3. The molecule has 1 aliphatic rings. The molecule has 1 heterocycles. The van der Waals surface area contributed by atoms with Gasteiger partial charge >= 0.3 is 5.97 Å². The van der Waals surface area contributed by atoms with Crippen LogP contribution < -0.4 is 5.32 Å². The van der Waals surface area contributed by atoms with E-state index in [1.807, 2.05) is 18.2 Å². The van der Waals surface area contributed by atoms with E-state index < -0.39 is 17.8 Å². The Kier molecular flexibility index (Phi) is 5.18. The number of benzene rings is 2. The van der Waals surface area contributed by atoms with Gasteiger partial charge in [-0.1, -0.05) is 18.2 Å². The Balaban J connectivity index is 1.70. The zero-order chi connectivity index (χ0) is 17.3. The van der Waals surface area contributed by atoms with Gasteiger partial charge in [0.15, 0.2) is 0 Å². The Morgan fingerprint density at radius 1 is 1.04 bits per heavy atom. The van der Waals surface area contributed by atoms with Crippen LogP contribution in [0.2, 0.25) is 0 Å². The minimum atomic E-state index is -0.467. The maximum absolute atomic E-state index is 12.1. The molecule has 5 nitrogen and oxygen atoms in total. The molecule has 3 rings (SSSR count). The highest BCUT2D eigenvalue weighted by molar-refractivity contribution is 14.1. The molecule has 0 spiro atoms. The van der Waals surface area contributed by atoms with Crippen molar-refractivity contribution < 1.29 is 19.1 Å². The van der Waals surface area contributed by atoms with E-state index in [4.69, 9.17) is 4.74 Å². The largest absolute Gasteiger partial charge is 0.461 e. The van der Waals surface area contributed by atoms with Crippen LogP contribution in [-0.2, 0) is 22.6 Å². The number of hydrogen-bond acceptors (Lipinski definition) is 4. The van der Waals surface area contributed by atoms with Gasteiger partial charge in [-0.05, 0) is 68.9 Å². The van der Waals surface area contributed by atoms with E-state index in [0.717, 1.165) is 12.7 Å². The van der Waals surface area contributed by atoms with E-state index in [1.54, 1.807) is 18.2 Å². The van der Waals surface area contributed by atoms with E-state index in [9.17, 15) is 14.4 Å². The lowest BCUT2D eigenvalue weighted by Gasteiger charge is -2.09. The van der Waals surface area contributed by atoms with Crippen molar-refractivity contribution in [3.8, 4) is 0 Å². The summed E-state index contributed by atoms with van der Waals surface area (Å²) in [5, 5.41) is 2.23. The van der Waals surface area contributed by atoms with Crippen LogP contribution in [-0.4, -0.2) is 17.8 Å². The molecule has 2 aromatic carbocycles. The first-order valence-corrected chi connectivity index (χ1v) is 9.18. The first-order chi connectivity index (χ1) is 11.5. The Morgan fingerprint density at radius 2 is 1.83 bits per heavy atom. The summed E-state index contributed by atoms with van der Waals surface area (Å²) in [7, 11) is 0. The number of halogens is 2. The second-order valence-electron chi connectivity index (χ2n) is 5.20. The second-order valence-corrected chi connectivity index (χ2v) is 7.60. The van der Waals surface area contributed by atoms with Gasteiger partial charge in [0.2, 0.25) is 0 Å². The van der Waals surface area contributed by atoms with Gasteiger partial charge in [-0.25, -0.2) is 0 Å². The summed E-state index contributed by atoms with van der Waals surface area (Å²) < 4.78 is 7.45. The van der Waals surface area contributed by atoms with Crippen LogP contribution in [0.25, 0.3) is 0 Å². The highest BCUT2D eigenvalue weighted by Gasteiger charge is 2.29. The van der Waals surface area contributed by atoms with Crippen LogP contribution in [0.3, 0.4) is 0 Å². The standard InChI is InChI=1S/C17H11I2NO4/c18-11-5-4-10(13(19)7-11)8-24-14(21)6-9-2-1-3-12-15(9)17(23)20-16(12)22/h1-5,7H,6,8H2,(H,20,22,23). The molecule has 0 atom stereocenters. The predicted octanol–water partition coefficient (Wildman–Crippen LogP) is 3.07. The summed E-state index contributed by atoms with van der Waals surface area (Å²) in [6.07, 6.45) is -0.0508. The smallest absolute Gasteiger partial charge is 0.310 e. The zero-order valence-electron chi connectivity index (χ0n) is 12.3. The third-order valence-corrected chi connectivity index (χ3v) is 5.26. The molecule has 0 saturated carbocycles. The Bertz CT molecular complexity index is 864. The molecule has 0 fully saturated rings. The fourth-order valence-corrected chi connectivity index (χ4v) is 4.20. The lowest BCUT2D eigenvalue weighted by Crippen LogP contribution is -2.20. The lowest BCUT2D eigenvalue weighted by atomic mass is 10.0. The van der Waals surface area contributed by atoms with Crippen molar-refractivity contribution in [3.63, 3.8) is 0 Å². The van der Waals surface area contributed by atoms with Crippen molar-refractivity contribution >= 4 is 63.0 Å². The van der Waals surface area contributed by atoms with Gasteiger partial charge in [0.1, 0.15) is 6.61 Å². The minimum Gasteiger partial charge on any atom is -0.461 e. The van der Waals surface area contributed by atoms with Crippen molar-refractivity contribution in [2.45, 2.75) is 13.0 Å². The molecule has 7 heteroatoms. The number of imide groups is 1. The molecule has 0 aromatic heterocycles. The Morgan fingerprint density at radius 3 is 2.58 bits per heavy atom. The molecule has 122 valence electrons. The summed E-state index contributed by atoms with van der Waals surface area (Å²) in [6.45, 7) is 0.175. The number of nitrogens with one attached hydrogen (secondary N) is 1. The van der Waals surface area contributed by atoms with E-state index in [0.29, 0.717) is 11.1 Å². The molecule has 0 saturated heterocycles. The Hall–Kier alpha value is -1.49. The average Bonchev–Trinajstić information content (AvgIpc) is 2.82. The number of fused-ring (bicyclic) bond motifs is 1. The van der Waals surface area contributed by atoms with Crippen LogP contribution >= 0.6 is 45.2 Å². The predicted molar refractivity (Wildman–Crippen MR) is 104 cm³/mol. The molecular weight excluding hydrogens is 536 g/mol.